The zero-order valence-electron chi connectivity index (χ0n) is 16.2. The molecule has 150 valence electrons. The van der Waals surface area contributed by atoms with Crippen molar-refractivity contribution in [2.75, 3.05) is 17.7 Å². The molecular weight excluding hydrogens is 380 g/mol. The average molecular weight is 411 g/mol. The maximum absolute atomic E-state index is 12.1. The monoisotopic (exact) mass is 410 g/mol. The van der Waals surface area contributed by atoms with Crippen molar-refractivity contribution in [3.05, 3.63) is 29.8 Å². The van der Waals surface area contributed by atoms with E-state index in [0.717, 1.165) is 42.7 Å². The van der Waals surface area contributed by atoms with Gasteiger partial charge >= 0.3 is 0 Å². The summed E-state index contributed by atoms with van der Waals surface area (Å²) < 4.78 is 22.6. The van der Waals surface area contributed by atoms with E-state index in [4.69, 9.17) is 18.0 Å². The Hall–Kier alpha value is -1.47. The summed E-state index contributed by atoms with van der Waals surface area (Å²) in [4.78, 5) is 12.9. The molecule has 5 nitrogen and oxygen atoms in total. The van der Waals surface area contributed by atoms with E-state index in [-0.39, 0.29) is 23.0 Å². The molecule has 0 radical (unpaired) electrons. The van der Waals surface area contributed by atoms with Gasteiger partial charge in [0.1, 0.15) is 9.84 Å². The van der Waals surface area contributed by atoms with Crippen LogP contribution in [0.15, 0.2) is 24.3 Å². The van der Waals surface area contributed by atoms with Crippen molar-refractivity contribution in [1.29, 1.82) is 0 Å². The molecule has 1 unspecified atom stereocenters. The lowest BCUT2D eigenvalue weighted by Crippen LogP contribution is -2.50. The number of unbranched alkanes of at least 4 members (excludes halogenated alkanes) is 1. The molecule has 1 aliphatic carbocycles. The highest BCUT2D eigenvalue weighted by molar-refractivity contribution is 7.90. The fraction of sp³-hybridized carbons (Fsp3) is 0.600. The lowest BCUT2D eigenvalue weighted by Gasteiger charge is -2.43. The second-order valence-corrected chi connectivity index (χ2v) is 10.5. The number of Topliss-reactive ketones (excluding diaryl/α,β-unsaturated/α-hetero) is 1. The molecule has 2 rings (SSSR count). The van der Waals surface area contributed by atoms with Gasteiger partial charge in [0.05, 0.1) is 11.0 Å². The number of carbonyl (C=O) groups is 1. The molecule has 0 spiro atoms. The molecular formula is C20H30N2O3S2. The third-order valence-corrected chi connectivity index (χ3v) is 7.01. The largest absolute Gasteiger partial charge is 0.399 e. The predicted octanol–water partition coefficient (Wildman–Crippen LogP) is 3.07. The molecule has 0 aromatic heterocycles. The first-order valence-corrected chi connectivity index (χ1v) is 11.9. The summed E-state index contributed by atoms with van der Waals surface area (Å²) >= 11 is 5.69. The number of hydrogen-bond acceptors (Lipinski definition) is 5. The van der Waals surface area contributed by atoms with Gasteiger partial charge < -0.3 is 11.1 Å². The van der Waals surface area contributed by atoms with Crippen molar-refractivity contribution in [2.45, 2.75) is 57.9 Å². The summed E-state index contributed by atoms with van der Waals surface area (Å²) in [6, 6.07) is 7.18. The molecule has 1 fully saturated rings. The molecule has 1 saturated carbocycles. The number of nitrogens with one attached hydrogen (secondary N) is 1. The zero-order chi connectivity index (χ0) is 20.1. The lowest BCUT2D eigenvalue weighted by atomic mass is 9.65. The van der Waals surface area contributed by atoms with E-state index in [1.165, 1.54) is 6.26 Å². The fourth-order valence-electron chi connectivity index (χ4n) is 3.52. The van der Waals surface area contributed by atoms with Crippen LogP contribution in [0.25, 0.3) is 0 Å². The van der Waals surface area contributed by atoms with Crippen LogP contribution in [0.1, 0.15) is 51.0 Å². The topological polar surface area (TPSA) is 89.3 Å². The summed E-state index contributed by atoms with van der Waals surface area (Å²) in [5.41, 5.74) is 7.38. The molecule has 3 N–H and O–H groups in total. The highest BCUT2D eigenvalue weighted by Gasteiger charge is 2.41. The first-order valence-electron chi connectivity index (χ1n) is 9.45. The number of nitrogen functional groups attached to an aromatic ring is 1. The van der Waals surface area contributed by atoms with Crippen molar-refractivity contribution in [3.63, 3.8) is 0 Å². The maximum Gasteiger partial charge on any atom is 0.152 e. The van der Waals surface area contributed by atoms with Gasteiger partial charge in [-0.2, -0.15) is 0 Å². The molecule has 7 heteroatoms. The van der Waals surface area contributed by atoms with E-state index in [1.807, 2.05) is 24.3 Å². The minimum atomic E-state index is -2.92. The smallest absolute Gasteiger partial charge is 0.152 e. The van der Waals surface area contributed by atoms with Crippen molar-refractivity contribution in [1.82, 2.24) is 5.32 Å². The first-order chi connectivity index (χ1) is 12.6. The number of anilines is 1. The standard InChI is InChI=1S/C20H30N2O3S2/c1-15(23)18(14-16-6-8-17(21)9-7-16)22-19(26)20(11-5-12-20)10-3-4-13-27(2,24)25/h6-9,18H,3-5,10-14,21H2,1-2H3,(H,22,26). The number of thiocarbonyl (C=S) groups is 1. The third kappa shape index (κ3) is 6.57. The van der Waals surface area contributed by atoms with Gasteiger partial charge in [-0.3, -0.25) is 4.79 Å². The Balaban J connectivity index is 1.95. The van der Waals surface area contributed by atoms with Crippen molar-refractivity contribution in [3.8, 4) is 0 Å². The van der Waals surface area contributed by atoms with Gasteiger partial charge in [0, 0.05) is 23.1 Å². The van der Waals surface area contributed by atoms with Crippen LogP contribution in [0.2, 0.25) is 0 Å². The van der Waals surface area contributed by atoms with Crippen molar-refractivity contribution in [2.24, 2.45) is 5.41 Å². The summed E-state index contributed by atoms with van der Waals surface area (Å²) in [6.45, 7) is 1.58. The highest BCUT2D eigenvalue weighted by atomic mass is 32.2. The zero-order valence-corrected chi connectivity index (χ0v) is 17.8. The Morgan fingerprint density at radius 3 is 2.37 bits per heavy atom. The second-order valence-electron chi connectivity index (χ2n) is 7.80. The summed E-state index contributed by atoms with van der Waals surface area (Å²) in [5.74, 6) is 0.275. The Morgan fingerprint density at radius 1 is 1.26 bits per heavy atom. The first kappa shape index (κ1) is 21.8. The number of sulfone groups is 1. The number of ketones is 1. The van der Waals surface area contributed by atoms with Crippen LogP contribution < -0.4 is 11.1 Å². The van der Waals surface area contributed by atoms with Crippen molar-refractivity contribution >= 4 is 38.5 Å². The molecule has 0 bridgehead atoms. The van der Waals surface area contributed by atoms with E-state index in [9.17, 15) is 13.2 Å². The molecule has 1 atom stereocenters. The Bertz CT molecular complexity index is 769. The van der Waals surface area contributed by atoms with E-state index in [0.29, 0.717) is 18.5 Å². The summed E-state index contributed by atoms with van der Waals surface area (Å²) in [6.07, 6.45) is 7.33. The third-order valence-electron chi connectivity index (χ3n) is 5.43. The normalized spacial score (nSPS) is 17.0. The van der Waals surface area contributed by atoms with Crippen molar-refractivity contribution < 1.29 is 13.2 Å². The molecule has 1 aliphatic rings. The molecule has 1 aromatic rings. The number of nitrogens with two attached hydrogens (primary N) is 1. The average Bonchev–Trinajstić information content (AvgIpc) is 2.53. The van der Waals surface area contributed by atoms with Crippen LogP contribution in [0.3, 0.4) is 0 Å². The van der Waals surface area contributed by atoms with E-state index in [2.05, 4.69) is 5.32 Å². The quantitative estimate of drug-likeness (QED) is 0.350. The number of hydrogen-bond donors (Lipinski definition) is 2. The molecule has 0 saturated heterocycles. The van der Waals surface area contributed by atoms with Gasteiger partial charge in [0.2, 0.25) is 0 Å². The minimum Gasteiger partial charge on any atom is -0.399 e. The van der Waals surface area contributed by atoms with Crippen LogP contribution in [-0.4, -0.2) is 37.2 Å². The fourth-order valence-corrected chi connectivity index (χ4v) is 4.70. The van der Waals surface area contributed by atoms with Crippen LogP contribution in [-0.2, 0) is 21.1 Å². The van der Waals surface area contributed by atoms with Crippen LogP contribution in [0.5, 0.6) is 0 Å². The predicted molar refractivity (Wildman–Crippen MR) is 115 cm³/mol. The molecule has 0 aliphatic heterocycles. The van der Waals surface area contributed by atoms with E-state index >= 15 is 0 Å². The molecule has 27 heavy (non-hydrogen) atoms. The second kappa shape index (κ2) is 9.15. The number of benzene rings is 1. The van der Waals surface area contributed by atoms with Gasteiger partial charge in [-0.25, -0.2) is 8.42 Å². The SMILES string of the molecule is CC(=O)C(Cc1ccc(N)cc1)NC(=S)C1(CCCCS(C)(=O)=O)CCC1. The van der Waals surface area contributed by atoms with E-state index < -0.39 is 9.84 Å². The summed E-state index contributed by atoms with van der Waals surface area (Å²) in [7, 11) is -2.92. The number of rotatable bonds is 10. The van der Waals surface area contributed by atoms with E-state index in [1.54, 1.807) is 6.92 Å². The summed E-state index contributed by atoms with van der Waals surface area (Å²) in [5, 5.41) is 3.31. The van der Waals surface area contributed by atoms with Gasteiger partial charge in [-0.15, -0.1) is 0 Å². The molecule has 1 aromatic carbocycles. The van der Waals surface area contributed by atoms with Gasteiger partial charge in [-0.1, -0.05) is 37.2 Å². The van der Waals surface area contributed by atoms with Crippen LogP contribution >= 0.6 is 12.2 Å². The van der Waals surface area contributed by atoms with Gasteiger partial charge in [0.15, 0.2) is 5.78 Å². The van der Waals surface area contributed by atoms with Gasteiger partial charge in [-0.05, 0) is 56.7 Å². The van der Waals surface area contributed by atoms with Crippen LogP contribution in [0, 0.1) is 5.41 Å². The minimum absolute atomic E-state index is 0.0562. The molecule has 0 heterocycles. The molecule has 0 amide bonds. The Labute approximate surface area is 168 Å². The Morgan fingerprint density at radius 2 is 1.89 bits per heavy atom. The number of carbonyl (C=O) groups excluding carboxylic acids is 1. The Kier molecular flexibility index (Phi) is 7.40. The maximum atomic E-state index is 12.1. The lowest BCUT2D eigenvalue weighted by molar-refractivity contribution is -0.118. The highest BCUT2D eigenvalue weighted by Crippen LogP contribution is 2.46. The van der Waals surface area contributed by atoms with Gasteiger partial charge in [0.25, 0.3) is 0 Å². The van der Waals surface area contributed by atoms with Crippen LogP contribution in [0.4, 0.5) is 5.69 Å².